The van der Waals surface area contributed by atoms with E-state index in [1.165, 1.54) is 7.11 Å². The number of carbonyl (C=O) groups excluding carboxylic acids is 2. The number of amides is 1. The molecule has 0 aliphatic carbocycles. The Morgan fingerprint density at radius 2 is 1.57 bits per heavy atom. The number of hydrogen-bond donors (Lipinski definition) is 1. The molecule has 0 aliphatic heterocycles. The Hall–Kier alpha value is -3.54. The third-order valence-electron chi connectivity index (χ3n) is 4.19. The summed E-state index contributed by atoms with van der Waals surface area (Å²) in [7, 11) is 1.32. The average Bonchev–Trinajstić information content (AvgIpc) is 3.14. The molecule has 3 aromatic rings. The van der Waals surface area contributed by atoms with Gasteiger partial charge < -0.3 is 19.4 Å². The quantitative estimate of drug-likeness (QED) is 0.612. The standard InChI is InChI=1S/C22H22N2O4/c1-27-22(26)21-19(12-13-24(21)15-18-10-6-3-7-11-18)28-16-20(25)23-14-17-8-4-2-5-9-17/h2-13H,14-16H2,1H3,(H,23,25). The predicted molar refractivity (Wildman–Crippen MR) is 105 cm³/mol. The molecule has 6 nitrogen and oxygen atoms in total. The fourth-order valence-electron chi connectivity index (χ4n) is 2.79. The van der Waals surface area contributed by atoms with Crippen molar-refractivity contribution in [3.05, 3.63) is 89.7 Å². The van der Waals surface area contributed by atoms with Crippen molar-refractivity contribution in [3.63, 3.8) is 0 Å². The van der Waals surface area contributed by atoms with E-state index >= 15 is 0 Å². The van der Waals surface area contributed by atoms with Crippen LogP contribution in [0.5, 0.6) is 5.75 Å². The Bertz CT molecular complexity index is 920. The highest BCUT2D eigenvalue weighted by atomic mass is 16.5. The Labute approximate surface area is 163 Å². The number of methoxy groups -OCH3 is 1. The van der Waals surface area contributed by atoms with Crippen LogP contribution in [0, 0.1) is 0 Å². The molecule has 0 radical (unpaired) electrons. The highest BCUT2D eigenvalue weighted by molar-refractivity contribution is 5.91. The molecule has 1 N–H and O–H groups in total. The zero-order valence-corrected chi connectivity index (χ0v) is 15.6. The van der Waals surface area contributed by atoms with Crippen LogP contribution in [-0.2, 0) is 22.6 Å². The normalized spacial score (nSPS) is 10.3. The molecule has 3 rings (SSSR count). The van der Waals surface area contributed by atoms with Gasteiger partial charge >= 0.3 is 5.97 Å². The van der Waals surface area contributed by atoms with Crippen molar-refractivity contribution in [1.82, 2.24) is 9.88 Å². The van der Waals surface area contributed by atoms with Gasteiger partial charge in [0, 0.05) is 19.3 Å². The van der Waals surface area contributed by atoms with Gasteiger partial charge in [0.05, 0.1) is 7.11 Å². The number of rotatable bonds is 8. The van der Waals surface area contributed by atoms with E-state index in [4.69, 9.17) is 9.47 Å². The van der Waals surface area contributed by atoms with Crippen molar-refractivity contribution in [2.24, 2.45) is 0 Å². The first-order chi connectivity index (χ1) is 13.7. The smallest absolute Gasteiger partial charge is 0.358 e. The molecule has 0 unspecified atom stereocenters. The van der Waals surface area contributed by atoms with Gasteiger partial charge in [-0.2, -0.15) is 0 Å². The summed E-state index contributed by atoms with van der Waals surface area (Å²) in [6.07, 6.45) is 1.75. The van der Waals surface area contributed by atoms with E-state index in [9.17, 15) is 9.59 Å². The Morgan fingerprint density at radius 1 is 0.929 bits per heavy atom. The average molecular weight is 378 g/mol. The first kappa shape index (κ1) is 19.2. The number of aromatic nitrogens is 1. The van der Waals surface area contributed by atoms with Crippen molar-refractivity contribution in [3.8, 4) is 5.75 Å². The molecule has 1 aromatic heterocycles. The van der Waals surface area contributed by atoms with Crippen molar-refractivity contribution < 1.29 is 19.1 Å². The maximum atomic E-state index is 12.2. The predicted octanol–water partition coefficient (Wildman–Crippen LogP) is 3.02. The van der Waals surface area contributed by atoms with Gasteiger partial charge in [0.1, 0.15) is 0 Å². The first-order valence-electron chi connectivity index (χ1n) is 8.92. The van der Waals surface area contributed by atoms with Crippen LogP contribution in [0.2, 0.25) is 0 Å². The summed E-state index contributed by atoms with van der Waals surface area (Å²) in [5, 5.41) is 2.79. The summed E-state index contributed by atoms with van der Waals surface area (Å²) in [6.45, 7) is 0.725. The lowest BCUT2D eigenvalue weighted by molar-refractivity contribution is -0.123. The van der Waals surface area contributed by atoms with Crippen LogP contribution in [0.15, 0.2) is 72.9 Å². The molecule has 1 heterocycles. The van der Waals surface area contributed by atoms with Gasteiger partial charge in [0.2, 0.25) is 0 Å². The monoisotopic (exact) mass is 378 g/mol. The lowest BCUT2D eigenvalue weighted by Crippen LogP contribution is -2.28. The summed E-state index contributed by atoms with van der Waals surface area (Å²) in [4.78, 5) is 24.3. The minimum atomic E-state index is -0.513. The van der Waals surface area contributed by atoms with E-state index in [1.54, 1.807) is 16.8 Å². The van der Waals surface area contributed by atoms with Crippen LogP contribution in [0.4, 0.5) is 0 Å². The summed E-state index contributed by atoms with van der Waals surface area (Å²) in [6, 6.07) is 21.0. The van der Waals surface area contributed by atoms with Crippen molar-refractivity contribution in [1.29, 1.82) is 0 Å². The van der Waals surface area contributed by atoms with Gasteiger partial charge in [-0.1, -0.05) is 60.7 Å². The zero-order valence-electron chi connectivity index (χ0n) is 15.6. The number of nitrogens with zero attached hydrogens (tertiary/aromatic N) is 1. The van der Waals surface area contributed by atoms with Gasteiger partial charge in [0.25, 0.3) is 5.91 Å². The molecule has 0 fully saturated rings. The van der Waals surface area contributed by atoms with Gasteiger partial charge in [-0.05, 0) is 17.2 Å². The fourth-order valence-corrected chi connectivity index (χ4v) is 2.79. The van der Waals surface area contributed by atoms with Crippen LogP contribution in [0.3, 0.4) is 0 Å². The van der Waals surface area contributed by atoms with Crippen LogP contribution < -0.4 is 10.1 Å². The summed E-state index contributed by atoms with van der Waals surface area (Å²) in [5.74, 6) is -0.464. The third kappa shape index (κ3) is 5.01. The Kier molecular flexibility index (Phi) is 6.46. The maximum Gasteiger partial charge on any atom is 0.358 e. The Morgan fingerprint density at radius 3 is 2.21 bits per heavy atom. The fraction of sp³-hybridized carbons (Fsp3) is 0.182. The minimum absolute atomic E-state index is 0.188. The molecule has 0 atom stereocenters. The van der Waals surface area contributed by atoms with Crippen molar-refractivity contribution >= 4 is 11.9 Å². The molecule has 0 saturated carbocycles. The highest BCUT2D eigenvalue weighted by Gasteiger charge is 2.20. The molecule has 28 heavy (non-hydrogen) atoms. The topological polar surface area (TPSA) is 69.6 Å². The van der Waals surface area contributed by atoms with E-state index in [-0.39, 0.29) is 18.2 Å². The van der Waals surface area contributed by atoms with Crippen LogP contribution in [0.25, 0.3) is 0 Å². The second-order valence-electron chi connectivity index (χ2n) is 6.18. The second kappa shape index (κ2) is 9.41. The number of benzene rings is 2. The molecular formula is C22H22N2O4. The molecule has 0 aliphatic rings. The molecule has 6 heteroatoms. The summed E-state index contributed by atoms with van der Waals surface area (Å²) >= 11 is 0. The Balaban J connectivity index is 1.64. The second-order valence-corrected chi connectivity index (χ2v) is 6.18. The number of carbonyl (C=O) groups is 2. The number of ether oxygens (including phenoxy) is 2. The van der Waals surface area contributed by atoms with Gasteiger partial charge in [-0.15, -0.1) is 0 Å². The maximum absolute atomic E-state index is 12.2. The van der Waals surface area contributed by atoms with Crippen LogP contribution in [-0.4, -0.2) is 30.2 Å². The minimum Gasteiger partial charge on any atom is -0.481 e. The van der Waals surface area contributed by atoms with Gasteiger partial charge in [-0.25, -0.2) is 4.79 Å². The number of nitrogens with one attached hydrogen (secondary N) is 1. The highest BCUT2D eigenvalue weighted by Crippen LogP contribution is 2.22. The van der Waals surface area contributed by atoms with Crippen molar-refractivity contribution in [2.45, 2.75) is 13.1 Å². The SMILES string of the molecule is COC(=O)c1c(OCC(=O)NCc2ccccc2)ccn1Cc1ccccc1. The first-order valence-corrected chi connectivity index (χ1v) is 8.92. The number of hydrogen-bond acceptors (Lipinski definition) is 4. The molecule has 0 spiro atoms. The molecule has 1 amide bonds. The van der Waals surface area contributed by atoms with Crippen molar-refractivity contribution in [2.75, 3.05) is 13.7 Å². The summed E-state index contributed by atoms with van der Waals surface area (Å²) in [5.41, 5.74) is 2.32. The van der Waals surface area contributed by atoms with E-state index in [0.717, 1.165) is 11.1 Å². The third-order valence-corrected chi connectivity index (χ3v) is 4.19. The lowest BCUT2D eigenvalue weighted by Gasteiger charge is -2.11. The molecule has 0 saturated heterocycles. The van der Waals surface area contributed by atoms with Gasteiger partial charge in [-0.3, -0.25) is 4.79 Å². The zero-order chi connectivity index (χ0) is 19.8. The van der Waals surface area contributed by atoms with Crippen LogP contribution >= 0.6 is 0 Å². The number of esters is 1. The van der Waals surface area contributed by atoms with E-state index in [1.807, 2.05) is 60.7 Å². The lowest BCUT2D eigenvalue weighted by atomic mass is 10.2. The van der Waals surface area contributed by atoms with Gasteiger partial charge in [0.15, 0.2) is 18.1 Å². The molecule has 2 aromatic carbocycles. The van der Waals surface area contributed by atoms with Crippen LogP contribution in [0.1, 0.15) is 21.6 Å². The molecular weight excluding hydrogens is 356 g/mol. The van der Waals surface area contributed by atoms with E-state index in [2.05, 4.69) is 5.32 Å². The molecule has 144 valence electrons. The van der Waals surface area contributed by atoms with E-state index < -0.39 is 5.97 Å². The molecule has 0 bridgehead atoms. The van der Waals surface area contributed by atoms with E-state index in [0.29, 0.717) is 18.8 Å². The summed E-state index contributed by atoms with van der Waals surface area (Å²) < 4.78 is 12.2. The largest absolute Gasteiger partial charge is 0.481 e.